The molecule has 3 atom stereocenters. The van der Waals surface area contributed by atoms with Gasteiger partial charge in [-0.3, -0.25) is 9.59 Å². The monoisotopic (exact) mass is 505 g/mol. The van der Waals surface area contributed by atoms with E-state index in [0.29, 0.717) is 11.4 Å². The summed E-state index contributed by atoms with van der Waals surface area (Å²) in [7, 11) is 3.25. The Morgan fingerprint density at radius 2 is 2.12 bits per heavy atom. The van der Waals surface area contributed by atoms with E-state index in [9.17, 15) is 14.0 Å². The van der Waals surface area contributed by atoms with Gasteiger partial charge in [-0.05, 0) is 36.8 Å². The van der Waals surface area contributed by atoms with E-state index in [1.165, 1.54) is 53.2 Å². The molecule has 1 aliphatic carbocycles. The Balaban J connectivity index is 1.67. The van der Waals surface area contributed by atoms with Crippen LogP contribution in [-0.4, -0.2) is 52.4 Å². The molecule has 0 radical (unpaired) electrons. The number of anilines is 1. The third kappa shape index (κ3) is 4.39. The maximum Gasteiger partial charge on any atom is 0.274 e. The number of nitrogens with two attached hydrogens (primary N) is 1. The van der Waals surface area contributed by atoms with Crippen molar-refractivity contribution in [3.05, 3.63) is 70.8 Å². The van der Waals surface area contributed by atoms with E-state index in [4.69, 9.17) is 17.3 Å². The summed E-state index contributed by atoms with van der Waals surface area (Å²) in [5.41, 5.74) is 4.83. The Bertz CT molecular complexity index is 1210. The summed E-state index contributed by atoms with van der Waals surface area (Å²) in [5, 5.41) is 3.13. The average molecular weight is 506 g/mol. The molecule has 2 aliphatic rings. The van der Waals surface area contributed by atoms with Crippen LogP contribution in [0.2, 0.25) is 5.02 Å². The Labute approximate surface area is 204 Å². The number of rotatable bonds is 6. The van der Waals surface area contributed by atoms with E-state index in [1.54, 1.807) is 20.2 Å². The Morgan fingerprint density at radius 1 is 1.35 bits per heavy atom. The second-order valence-electron chi connectivity index (χ2n) is 8.40. The number of alkyl halides is 1. The molecule has 0 spiro atoms. The lowest BCUT2D eigenvalue weighted by atomic mass is 9.84. The molecule has 1 aliphatic heterocycles. The van der Waals surface area contributed by atoms with Crippen molar-refractivity contribution in [2.24, 2.45) is 16.6 Å². The SMILES string of the molecule is CN(C)C(=O)C=C[C@]12C[C@H]1[C@@](CF)(c1cc(NC(=O)c3ccc(Cl)cn3)ccc1F)N=C(N)S2. The number of thioether (sulfide) groups is 1. The summed E-state index contributed by atoms with van der Waals surface area (Å²) in [6.07, 6.45) is 4.92. The summed E-state index contributed by atoms with van der Waals surface area (Å²) in [6, 6.07) is 6.87. The van der Waals surface area contributed by atoms with Gasteiger partial charge in [0.15, 0.2) is 5.17 Å². The van der Waals surface area contributed by atoms with E-state index < -0.39 is 34.6 Å². The fourth-order valence-corrected chi connectivity index (χ4v) is 5.53. The molecule has 34 heavy (non-hydrogen) atoms. The van der Waals surface area contributed by atoms with E-state index in [0.717, 1.165) is 6.07 Å². The van der Waals surface area contributed by atoms with E-state index in [2.05, 4.69) is 15.3 Å². The molecule has 7 nitrogen and oxygen atoms in total. The van der Waals surface area contributed by atoms with Gasteiger partial charge in [0.2, 0.25) is 5.91 Å². The second kappa shape index (κ2) is 8.99. The first-order chi connectivity index (χ1) is 16.1. The second-order valence-corrected chi connectivity index (χ2v) is 10.2. The van der Waals surface area contributed by atoms with Gasteiger partial charge in [-0.1, -0.05) is 29.4 Å². The Hall–Kier alpha value is -2.98. The molecule has 0 bridgehead atoms. The lowest BCUT2D eigenvalue weighted by molar-refractivity contribution is -0.123. The third-order valence-corrected chi connectivity index (χ3v) is 7.43. The normalized spacial score (nSPS) is 25.4. The molecule has 0 saturated heterocycles. The highest BCUT2D eigenvalue weighted by Gasteiger charge is 2.67. The number of amidine groups is 1. The minimum atomic E-state index is -1.58. The zero-order valence-electron chi connectivity index (χ0n) is 18.4. The van der Waals surface area contributed by atoms with Gasteiger partial charge < -0.3 is 16.0 Å². The fourth-order valence-electron chi connectivity index (χ4n) is 4.10. The molecule has 11 heteroatoms. The topological polar surface area (TPSA) is 101 Å². The summed E-state index contributed by atoms with van der Waals surface area (Å²) < 4.78 is 29.1. The maximum atomic E-state index is 15.1. The third-order valence-electron chi connectivity index (χ3n) is 5.94. The molecule has 1 fully saturated rings. The van der Waals surface area contributed by atoms with E-state index >= 15 is 4.39 Å². The number of likely N-dealkylation sites (N-methyl/N-ethyl adjacent to an activating group) is 1. The van der Waals surface area contributed by atoms with Crippen molar-refractivity contribution >= 4 is 46.0 Å². The van der Waals surface area contributed by atoms with E-state index in [-0.39, 0.29) is 28.0 Å². The van der Waals surface area contributed by atoms with Gasteiger partial charge in [-0.25, -0.2) is 18.8 Å². The number of hydrogen-bond donors (Lipinski definition) is 2. The number of aliphatic imine (C=N–C) groups is 1. The first-order valence-corrected chi connectivity index (χ1v) is 11.5. The molecule has 178 valence electrons. The maximum absolute atomic E-state index is 15.1. The minimum absolute atomic E-state index is 0.0145. The van der Waals surface area contributed by atoms with Crippen molar-refractivity contribution in [2.75, 3.05) is 26.1 Å². The number of hydrogen-bond acceptors (Lipinski definition) is 6. The molecule has 1 aromatic heterocycles. The van der Waals surface area contributed by atoms with Crippen LogP contribution >= 0.6 is 23.4 Å². The van der Waals surface area contributed by atoms with Gasteiger partial charge in [-0.15, -0.1) is 0 Å². The van der Waals surface area contributed by atoms with Crippen LogP contribution in [0.4, 0.5) is 14.5 Å². The van der Waals surface area contributed by atoms with Crippen molar-refractivity contribution in [3.8, 4) is 0 Å². The smallest absolute Gasteiger partial charge is 0.274 e. The molecule has 1 aromatic carbocycles. The van der Waals surface area contributed by atoms with Crippen molar-refractivity contribution in [1.29, 1.82) is 0 Å². The summed E-state index contributed by atoms with van der Waals surface area (Å²) >= 11 is 7.05. The molecular weight excluding hydrogens is 484 g/mol. The zero-order valence-corrected chi connectivity index (χ0v) is 20.0. The average Bonchev–Trinajstić information content (AvgIpc) is 3.53. The van der Waals surface area contributed by atoms with Gasteiger partial charge >= 0.3 is 0 Å². The number of fused-ring (bicyclic) bond motifs is 1. The Morgan fingerprint density at radius 3 is 2.76 bits per heavy atom. The van der Waals surface area contributed by atoms with Crippen LogP contribution in [0.15, 0.2) is 53.7 Å². The lowest BCUT2D eigenvalue weighted by Gasteiger charge is -2.34. The number of halogens is 3. The fraction of sp³-hybridized carbons (Fsp3) is 0.304. The highest BCUT2D eigenvalue weighted by Crippen LogP contribution is 2.67. The number of amides is 2. The van der Waals surface area contributed by atoms with Crippen molar-refractivity contribution < 1.29 is 18.4 Å². The highest BCUT2D eigenvalue weighted by molar-refractivity contribution is 8.15. The lowest BCUT2D eigenvalue weighted by Crippen LogP contribution is -2.39. The van der Waals surface area contributed by atoms with Gasteiger partial charge in [-0.2, -0.15) is 0 Å². The van der Waals surface area contributed by atoms with Crippen LogP contribution in [-0.2, 0) is 10.3 Å². The molecule has 1 saturated carbocycles. The van der Waals surface area contributed by atoms with Crippen molar-refractivity contribution in [3.63, 3.8) is 0 Å². The number of nitrogens with zero attached hydrogens (tertiary/aromatic N) is 3. The first kappa shape index (κ1) is 24.2. The molecule has 4 rings (SSSR count). The predicted molar refractivity (Wildman–Crippen MR) is 129 cm³/mol. The molecule has 2 aromatic rings. The molecule has 0 unspecified atom stereocenters. The van der Waals surface area contributed by atoms with Crippen LogP contribution in [0.3, 0.4) is 0 Å². The largest absolute Gasteiger partial charge is 0.378 e. The van der Waals surface area contributed by atoms with Crippen LogP contribution in [0.1, 0.15) is 22.5 Å². The van der Waals surface area contributed by atoms with Crippen LogP contribution < -0.4 is 11.1 Å². The quantitative estimate of drug-likeness (QED) is 0.582. The first-order valence-electron chi connectivity index (χ1n) is 10.3. The number of aromatic nitrogens is 1. The van der Waals surface area contributed by atoms with Crippen molar-refractivity contribution in [2.45, 2.75) is 16.7 Å². The Kier molecular flexibility index (Phi) is 6.39. The minimum Gasteiger partial charge on any atom is -0.378 e. The van der Waals surface area contributed by atoms with Crippen LogP contribution in [0, 0.1) is 11.7 Å². The summed E-state index contributed by atoms with van der Waals surface area (Å²) in [6.45, 7) is -0.997. The number of nitrogens with one attached hydrogen (secondary N) is 1. The standard InChI is InChI=1S/C23H22ClF2N5O2S/c1-31(2)19(32)7-8-22-10-18(22)23(12-25,30-21(27)34-22)15-9-14(4-5-16(15)26)29-20(33)17-6-3-13(24)11-28-17/h3-9,11,18H,10,12H2,1-2H3,(H2,27,30)(H,29,33)/t18-,22+,23-/m1/s1. The van der Waals surface area contributed by atoms with Gasteiger partial charge in [0.05, 0.1) is 5.02 Å². The number of pyridine rings is 1. The molecular formula is C23H22ClF2N5O2S. The molecule has 2 heterocycles. The molecule has 2 amide bonds. The van der Waals surface area contributed by atoms with E-state index in [1.807, 2.05) is 0 Å². The highest BCUT2D eigenvalue weighted by atomic mass is 35.5. The zero-order chi connectivity index (χ0) is 24.7. The number of benzene rings is 1. The molecule has 3 N–H and O–H groups in total. The number of carbonyl (C=O) groups excluding carboxylic acids is 2. The summed E-state index contributed by atoms with van der Waals surface area (Å²) in [5.74, 6) is -1.85. The van der Waals surface area contributed by atoms with Gasteiger partial charge in [0, 0.05) is 48.3 Å². The van der Waals surface area contributed by atoms with Gasteiger partial charge in [0.25, 0.3) is 5.91 Å². The summed E-state index contributed by atoms with van der Waals surface area (Å²) in [4.78, 5) is 34.3. The number of carbonyl (C=O) groups is 2. The predicted octanol–water partition coefficient (Wildman–Crippen LogP) is 3.76. The van der Waals surface area contributed by atoms with Crippen LogP contribution in [0.25, 0.3) is 0 Å². The van der Waals surface area contributed by atoms with Gasteiger partial charge in [0.1, 0.15) is 23.7 Å². The van der Waals surface area contributed by atoms with Crippen molar-refractivity contribution in [1.82, 2.24) is 9.88 Å². The van der Waals surface area contributed by atoms with Crippen LogP contribution in [0.5, 0.6) is 0 Å².